The van der Waals surface area contributed by atoms with Crippen molar-refractivity contribution in [3.8, 4) is 11.4 Å². The van der Waals surface area contributed by atoms with Crippen molar-refractivity contribution < 1.29 is 27.3 Å². The van der Waals surface area contributed by atoms with Crippen LogP contribution in [0.5, 0.6) is 0 Å². The first kappa shape index (κ1) is 13.2. The third-order valence-electron chi connectivity index (χ3n) is 1.93. The molecule has 0 unspecified atom stereocenters. The summed E-state index contributed by atoms with van der Waals surface area (Å²) < 4.78 is 0. The third kappa shape index (κ3) is 3.05. The predicted octanol–water partition coefficient (Wildman–Crippen LogP) is 1.78. The van der Waals surface area contributed by atoms with Crippen molar-refractivity contribution >= 4 is 17.2 Å². The van der Waals surface area contributed by atoms with Gasteiger partial charge in [0.05, 0.1) is 17.1 Å². The summed E-state index contributed by atoms with van der Waals surface area (Å²) in [7, 11) is 0. The van der Waals surface area contributed by atoms with E-state index in [1.807, 2.05) is 30.3 Å². The maximum Gasteiger partial charge on any atom is 0.122 e. The Morgan fingerprint density at radius 3 is 2.44 bits per heavy atom. The SMILES string of the molecule is NC(=S)c1cccc(-c2ccccn2)n1.[Cd]. The van der Waals surface area contributed by atoms with Crippen molar-refractivity contribution in [2.45, 2.75) is 0 Å². The first-order valence-corrected chi connectivity index (χ1v) is 4.86. The van der Waals surface area contributed by atoms with Crippen LogP contribution in [-0.4, -0.2) is 15.0 Å². The molecule has 0 spiro atoms. The van der Waals surface area contributed by atoms with Crippen LogP contribution in [0.15, 0.2) is 42.6 Å². The second-order valence-electron chi connectivity index (χ2n) is 2.99. The minimum absolute atomic E-state index is 0. The molecule has 5 heteroatoms. The molecule has 0 fully saturated rings. The summed E-state index contributed by atoms with van der Waals surface area (Å²) in [6.07, 6.45) is 1.73. The topological polar surface area (TPSA) is 51.8 Å². The zero-order chi connectivity index (χ0) is 10.7. The fourth-order valence-electron chi connectivity index (χ4n) is 1.23. The summed E-state index contributed by atoms with van der Waals surface area (Å²) in [5.74, 6) is 0. The molecule has 0 saturated heterocycles. The Bertz CT molecular complexity index is 488. The normalized spacial score (nSPS) is 9.25. The molecule has 0 aromatic carbocycles. The molecule has 2 N–H and O–H groups in total. The Labute approximate surface area is 119 Å². The zero-order valence-corrected chi connectivity index (χ0v) is 13.5. The van der Waals surface area contributed by atoms with E-state index in [2.05, 4.69) is 9.97 Å². The molecule has 76 valence electrons. The van der Waals surface area contributed by atoms with Crippen LogP contribution < -0.4 is 5.73 Å². The fraction of sp³-hybridized carbons (Fsp3) is 0. The van der Waals surface area contributed by atoms with Gasteiger partial charge in [0.25, 0.3) is 0 Å². The Kier molecular flexibility index (Phi) is 4.94. The maximum atomic E-state index is 5.51. The summed E-state index contributed by atoms with van der Waals surface area (Å²) in [5, 5.41) is 0. The van der Waals surface area contributed by atoms with Gasteiger partial charge in [-0.2, -0.15) is 0 Å². The third-order valence-corrected chi connectivity index (χ3v) is 2.14. The van der Waals surface area contributed by atoms with Gasteiger partial charge in [-0.15, -0.1) is 0 Å². The smallest absolute Gasteiger partial charge is 0.122 e. The van der Waals surface area contributed by atoms with Crippen LogP contribution in [0.2, 0.25) is 0 Å². The van der Waals surface area contributed by atoms with Crippen LogP contribution >= 0.6 is 12.2 Å². The molecule has 0 radical (unpaired) electrons. The summed E-state index contributed by atoms with van der Waals surface area (Å²) in [5.41, 5.74) is 7.72. The number of thiocarbonyl (C=S) groups is 1. The van der Waals surface area contributed by atoms with E-state index in [-0.39, 0.29) is 27.3 Å². The van der Waals surface area contributed by atoms with Crippen molar-refractivity contribution in [1.82, 2.24) is 9.97 Å². The van der Waals surface area contributed by atoms with E-state index in [4.69, 9.17) is 18.0 Å². The standard InChI is InChI=1S/C11H9N3S.Cd/c12-11(15)10-6-3-5-9(14-10)8-4-1-2-7-13-8;/h1-7H,(H2,12,15);. The average molecular weight is 328 g/mol. The van der Waals surface area contributed by atoms with Crippen molar-refractivity contribution in [3.05, 3.63) is 48.3 Å². The van der Waals surface area contributed by atoms with E-state index in [0.717, 1.165) is 11.4 Å². The minimum Gasteiger partial charge on any atom is -0.388 e. The molecule has 16 heavy (non-hydrogen) atoms. The summed E-state index contributed by atoms with van der Waals surface area (Å²) >= 11 is 4.87. The van der Waals surface area contributed by atoms with Gasteiger partial charge in [0.2, 0.25) is 0 Å². The van der Waals surface area contributed by atoms with Gasteiger partial charge in [-0.3, -0.25) is 4.98 Å². The average Bonchev–Trinajstić information content (AvgIpc) is 2.30. The van der Waals surface area contributed by atoms with Crippen LogP contribution in [0, 0.1) is 0 Å². The number of rotatable bonds is 2. The van der Waals surface area contributed by atoms with Gasteiger partial charge in [0.1, 0.15) is 4.99 Å². The number of hydrogen-bond donors (Lipinski definition) is 1. The zero-order valence-electron chi connectivity index (χ0n) is 8.63. The summed E-state index contributed by atoms with van der Waals surface area (Å²) in [6.45, 7) is 0. The molecule has 0 bridgehead atoms. The molecular weight excluding hydrogens is 319 g/mol. The van der Waals surface area contributed by atoms with Gasteiger partial charge in [0, 0.05) is 33.5 Å². The first-order valence-electron chi connectivity index (χ1n) is 4.45. The van der Waals surface area contributed by atoms with Crippen LogP contribution in [-0.2, 0) is 27.3 Å². The van der Waals surface area contributed by atoms with Crippen molar-refractivity contribution in [2.75, 3.05) is 0 Å². The Morgan fingerprint density at radius 2 is 1.81 bits per heavy atom. The monoisotopic (exact) mass is 329 g/mol. The quantitative estimate of drug-likeness (QED) is 0.675. The van der Waals surface area contributed by atoms with Gasteiger partial charge in [-0.1, -0.05) is 24.4 Å². The molecule has 0 amide bonds. The van der Waals surface area contributed by atoms with E-state index < -0.39 is 0 Å². The van der Waals surface area contributed by atoms with E-state index in [1.54, 1.807) is 12.3 Å². The molecule has 2 aromatic heterocycles. The maximum absolute atomic E-state index is 5.51. The van der Waals surface area contributed by atoms with Crippen LogP contribution in [0.1, 0.15) is 5.69 Å². The Hall–Kier alpha value is -0.888. The molecule has 2 rings (SSSR count). The molecule has 0 aliphatic rings. The van der Waals surface area contributed by atoms with E-state index >= 15 is 0 Å². The molecule has 2 heterocycles. The first-order chi connectivity index (χ1) is 7.27. The largest absolute Gasteiger partial charge is 0.388 e. The van der Waals surface area contributed by atoms with Gasteiger partial charge < -0.3 is 5.73 Å². The summed E-state index contributed by atoms with van der Waals surface area (Å²) in [4.78, 5) is 8.82. The van der Waals surface area contributed by atoms with E-state index in [0.29, 0.717) is 10.7 Å². The minimum atomic E-state index is 0. The van der Waals surface area contributed by atoms with Crippen molar-refractivity contribution in [2.24, 2.45) is 5.73 Å². The van der Waals surface area contributed by atoms with Crippen LogP contribution in [0.3, 0.4) is 0 Å². The van der Waals surface area contributed by atoms with Gasteiger partial charge in [0.15, 0.2) is 0 Å². The van der Waals surface area contributed by atoms with E-state index in [1.165, 1.54) is 0 Å². The fourth-order valence-corrected chi connectivity index (χ4v) is 1.34. The summed E-state index contributed by atoms with van der Waals surface area (Å²) in [6, 6.07) is 11.2. The molecule has 0 saturated carbocycles. The number of pyridine rings is 2. The molecule has 3 nitrogen and oxygen atoms in total. The van der Waals surface area contributed by atoms with Crippen molar-refractivity contribution in [3.63, 3.8) is 0 Å². The second kappa shape index (κ2) is 6.00. The molecule has 0 aliphatic carbocycles. The van der Waals surface area contributed by atoms with Crippen LogP contribution in [0.4, 0.5) is 0 Å². The number of nitrogens with two attached hydrogens (primary N) is 1. The van der Waals surface area contributed by atoms with E-state index in [9.17, 15) is 0 Å². The molecule has 0 atom stereocenters. The van der Waals surface area contributed by atoms with Gasteiger partial charge in [-0.25, -0.2) is 4.98 Å². The Morgan fingerprint density at radius 1 is 1.06 bits per heavy atom. The molecular formula is C11H9CdN3S. The molecule has 0 aliphatic heterocycles. The van der Waals surface area contributed by atoms with Crippen LogP contribution in [0.25, 0.3) is 11.4 Å². The predicted molar refractivity (Wildman–Crippen MR) is 63.4 cm³/mol. The molecule has 2 aromatic rings. The number of aromatic nitrogens is 2. The van der Waals surface area contributed by atoms with Gasteiger partial charge >= 0.3 is 0 Å². The second-order valence-corrected chi connectivity index (χ2v) is 3.43. The van der Waals surface area contributed by atoms with Gasteiger partial charge in [-0.05, 0) is 24.3 Å². The number of hydrogen-bond acceptors (Lipinski definition) is 3. The number of nitrogens with zero attached hydrogens (tertiary/aromatic N) is 2. The Balaban J connectivity index is 0.00000128. The van der Waals surface area contributed by atoms with Crippen molar-refractivity contribution in [1.29, 1.82) is 0 Å².